The van der Waals surface area contributed by atoms with E-state index in [1.165, 1.54) is 6.39 Å². The Morgan fingerprint density at radius 2 is 2.47 bits per heavy atom. The number of oxazole rings is 1. The molecule has 0 bridgehead atoms. The van der Waals surface area contributed by atoms with Crippen molar-refractivity contribution in [3.8, 4) is 0 Å². The average Bonchev–Trinajstić information content (AvgIpc) is 2.76. The first-order valence-corrected chi connectivity index (χ1v) is 5.67. The fourth-order valence-electron chi connectivity index (χ4n) is 1.98. The number of carbonyl (C=O) groups is 1. The van der Waals surface area contributed by atoms with Crippen molar-refractivity contribution in [3.63, 3.8) is 0 Å². The van der Waals surface area contributed by atoms with Crippen LogP contribution in [0.1, 0.15) is 12.7 Å². The Morgan fingerprint density at radius 1 is 1.65 bits per heavy atom. The molecule has 2 rings (SSSR count). The fraction of sp³-hybridized carbons (Fsp3) is 0.636. The minimum Gasteiger partial charge on any atom is -0.447 e. The third-order valence-corrected chi connectivity index (χ3v) is 2.93. The van der Waals surface area contributed by atoms with Crippen LogP contribution in [0.15, 0.2) is 17.0 Å². The number of ether oxygens (including phenoxy) is 1. The molecule has 1 aromatic heterocycles. The van der Waals surface area contributed by atoms with Crippen molar-refractivity contribution in [2.45, 2.75) is 25.6 Å². The van der Waals surface area contributed by atoms with E-state index in [4.69, 9.17) is 9.15 Å². The molecule has 0 radical (unpaired) electrons. The van der Waals surface area contributed by atoms with E-state index in [-0.39, 0.29) is 18.1 Å². The second kappa shape index (κ2) is 5.29. The molecule has 2 unspecified atom stereocenters. The van der Waals surface area contributed by atoms with Crippen LogP contribution in [0.5, 0.6) is 0 Å². The van der Waals surface area contributed by atoms with Crippen molar-refractivity contribution in [2.75, 3.05) is 20.2 Å². The molecule has 6 nitrogen and oxygen atoms in total. The summed E-state index contributed by atoms with van der Waals surface area (Å²) >= 11 is 0. The molecule has 1 aromatic rings. The first-order valence-electron chi connectivity index (χ1n) is 5.67. The molecular weight excluding hydrogens is 222 g/mol. The lowest BCUT2D eigenvalue weighted by Crippen LogP contribution is -2.48. The standard InChI is InChI=1S/C11H17N3O3/c1-8-10(12-2)11(15)14(3-4-16-8)6-9-5-13-7-17-9/h5,7-8,10,12H,3-4,6H2,1-2H3. The number of amides is 1. The SMILES string of the molecule is CNC1C(=O)N(Cc2cnco2)CCOC1C. The molecule has 1 aliphatic heterocycles. The van der Waals surface area contributed by atoms with Crippen LogP contribution in [0.3, 0.4) is 0 Å². The topological polar surface area (TPSA) is 67.6 Å². The van der Waals surface area contributed by atoms with Crippen LogP contribution in [-0.2, 0) is 16.1 Å². The highest BCUT2D eigenvalue weighted by Crippen LogP contribution is 2.12. The van der Waals surface area contributed by atoms with E-state index in [1.54, 1.807) is 18.1 Å². The lowest BCUT2D eigenvalue weighted by molar-refractivity contribution is -0.134. The van der Waals surface area contributed by atoms with Crippen LogP contribution in [-0.4, -0.2) is 48.1 Å². The Morgan fingerprint density at radius 3 is 3.12 bits per heavy atom. The van der Waals surface area contributed by atoms with Crippen molar-refractivity contribution in [1.29, 1.82) is 0 Å². The quantitative estimate of drug-likeness (QED) is 0.804. The van der Waals surface area contributed by atoms with Gasteiger partial charge in [0.1, 0.15) is 11.8 Å². The third kappa shape index (κ3) is 2.65. The van der Waals surface area contributed by atoms with Gasteiger partial charge in [-0.15, -0.1) is 0 Å². The predicted octanol–water partition coefficient (Wildman–Crippen LogP) is 0.00990. The van der Waals surface area contributed by atoms with Gasteiger partial charge in [0.25, 0.3) is 0 Å². The summed E-state index contributed by atoms with van der Waals surface area (Å²) in [5.41, 5.74) is 0. The maximum atomic E-state index is 12.2. The molecule has 17 heavy (non-hydrogen) atoms. The van der Waals surface area contributed by atoms with Crippen LogP contribution < -0.4 is 5.32 Å². The average molecular weight is 239 g/mol. The predicted molar refractivity (Wildman–Crippen MR) is 60.2 cm³/mol. The molecule has 0 aliphatic carbocycles. The minimum absolute atomic E-state index is 0.0360. The number of aromatic nitrogens is 1. The summed E-state index contributed by atoms with van der Waals surface area (Å²) in [6.07, 6.45) is 2.87. The number of likely N-dealkylation sites (N-methyl/N-ethyl adjacent to an activating group) is 1. The van der Waals surface area contributed by atoms with E-state index >= 15 is 0 Å². The molecule has 1 aliphatic rings. The zero-order valence-electron chi connectivity index (χ0n) is 10.0. The van der Waals surface area contributed by atoms with E-state index < -0.39 is 0 Å². The molecule has 0 aromatic carbocycles. The summed E-state index contributed by atoms with van der Waals surface area (Å²) in [5.74, 6) is 0.719. The molecule has 0 saturated carbocycles. The smallest absolute Gasteiger partial charge is 0.242 e. The largest absolute Gasteiger partial charge is 0.447 e. The van der Waals surface area contributed by atoms with E-state index in [2.05, 4.69) is 10.3 Å². The molecule has 1 N–H and O–H groups in total. The number of hydrogen-bond donors (Lipinski definition) is 1. The lowest BCUT2D eigenvalue weighted by Gasteiger charge is -2.24. The highest BCUT2D eigenvalue weighted by atomic mass is 16.5. The van der Waals surface area contributed by atoms with E-state index in [0.717, 1.165) is 0 Å². The zero-order valence-corrected chi connectivity index (χ0v) is 10.0. The highest BCUT2D eigenvalue weighted by Gasteiger charge is 2.31. The minimum atomic E-state index is -0.305. The summed E-state index contributed by atoms with van der Waals surface area (Å²) in [5, 5.41) is 2.99. The summed E-state index contributed by atoms with van der Waals surface area (Å²) in [6, 6.07) is -0.305. The van der Waals surface area contributed by atoms with Gasteiger partial charge < -0.3 is 19.4 Å². The first kappa shape index (κ1) is 12.1. The van der Waals surface area contributed by atoms with Gasteiger partial charge in [-0.05, 0) is 14.0 Å². The molecular formula is C11H17N3O3. The second-order valence-electron chi connectivity index (χ2n) is 4.07. The van der Waals surface area contributed by atoms with Crippen molar-refractivity contribution in [1.82, 2.24) is 15.2 Å². The van der Waals surface area contributed by atoms with Crippen LogP contribution >= 0.6 is 0 Å². The van der Waals surface area contributed by atoms with Gasteiger partial charge in [0.15, 0.2) is 6.39 Å². The Bertz CT molecular complexity index is 366. The molecule has 1 fully saturated rings. The second-order valence-corrected chi connectivity index (χ2v) is 4.07. The van der Waals surface area contributed by atoms with Crippen LogP contribution in [0.4, 0.5) is 0 Å². The van der Waals surface area contributed by atoms with Gasteiger partial charge >= 0.3 is 0 Å². The van der Waals surface area contributed by atoms with Crippen molar-refractivity contribution in [3.05, 3.63) is 18.4 Å². The third-order valence-electron chi connectivity index (χ3n) is 2.93. The number of hydrogen-bond acceptors (Lipinski definition) is 5. The van der Waals surface area contributed by atoms with Gasteiger partial charge in [-0.3, -0.25) is 4.79 Å². The van der Waals surface area contributed by atoms with Crippen molar-refractivity contribution < 1.29 is 13.9 Å². The number of nitrogens with one attached hydrogen (secondary N) is 1. The highest BCUT2D eigenvalue weighted by molar-refractivity contribution is 5.82. The van der Waals surface area contributed by atoms with Gasteiger partial charge in [0, 0.05) is 6.54 Å². The lowest BCUT2D eigenvalue weighted by atomic mass is 10.1. The van der Waals surface area contributed by atoms with Crippen LogP contribution in [0.2, 0.25) is 0 Å². The van der Waals surface area contributed by atoms with Crippen LogP contribution in [0.25, 0.3) is 0 Å². The summed E-state index contributed by atoms with van der Waals surface area (Å²) < 4.78 is 10.7. The molecule has 0 spiro atoms. The maximum Gasteiger partial charge on any atom is 0.242 e. The fourth-order valence-corrected chi connectivity index (χ4v) is 1.98. The normalized spacial score (nSPS) is 26.0. The zero-order chi connectivity index (χ0) is 12.3. The van der Waals surface area contributed by atoms with Gasteiger partial charge in [0.05, 0.1) is 25.5 Å². The number of nitrogens with zero attached hydrogens (tertiary/aromatic N) is 2. The first-order chi connectivity index (χ1) is 8.22. The molecule has 2 atom stereocenters. The Kier molecular flexibility index (Phi) is 3.75. The van der Waals surface area contributed by atoms with Gasteiger partial charge in [0.2, 0.25) is 5.91 Å². The van der Waals surface area contributed by atoms with E-state index in [9.17, 15) is 4.79 Å². The Hall–Kier alpha value is -1.40. The van der Waals surface area contributed by atoms with Gasteiger partial charge in [-0.2, -0.15) is 0 Å². The molecule has 2 heterocycles. The van der Waals surface area contributed by atoms with Gasteiger partial charge in [-0.1, -0.05) is 0 Å². The van der Waals surface area contributed by atoms with E-state index in [0.29, 0.717) is 25.5 Å². The maximum absolute atomic E-state index is 12.2. The van der Waals surface area contributed by atoms with E-state index in [1.807, 2.05) is 6.92 Å². The monoisotopic (exact) mass is 239 g/mol. The Balaban J connectivity index is 2.08. The number of carbonyl (C=O) groups excluding carboxylic acids is 1. The molecule has 1 saturated heterocycles. The summed E-state index contributed by atoms with van der Waals surface area (Å²) in [6.45, 7) is 3.45. The summed E-state index contributed by atoms with van der Waals surface area (Å²) in [4.78, 5) is 17.8. The van der Waals surface area contributed by atoms with Crippen molar-refractivity contribution >= 4 is 5.91 Å². The molecule has 94 valence electrons. The van der Waals surface area contributed by atoms with Crippen molar-refractivity contribution in [2.24, 2.45) is 0 Å². The number of rotatable bonds is 3. The van der Waals surface area contributed by atoms with Crippen LogP contribution in [0, 0.1) is 0 Å². The van der Waals surface area contributed by atoms with Gasteiger partial charge in [-0.25, -0.2) is 4.98 Å². The molecule has 1 amide bonds. The Labute approximate surface area is 99.9 Å². The molecule has 6 heteroatoms. The summed E-state index contributed by atoms with van der Waals surface area (Å²) in [7, 11) is 1.76.